The third-order valence-corrected chi connectivity index (χ3v) is 5.34. The summed E-state index contributed by atoms with van der Waals surface area (Å²) >= 11 is 1.46. The van der Waals surface area contributed by atoms with E-state index in [9.17, 15) is 19.5 Å². The van der Waals surface area contributed by atoms with Crippen molar-refractivity contribution >= 4 is 35.2 Å². The second-order valence-electron chi connectivity index (χ2n) is 5.79. The van der Waals surface area contributed by atoms with E-state index in [1.165, 1.54) is 16.7 Å². The van der Waals surface area contributed by atoms with Crippen LogP contribution in [0.3, 0.4) is 0 Å². The highest BCUT2D eigenvalue weighted by molar-refractivity contribution is 8.00. The van der Waals surface area contributed by atoms with Gasteiger partial charge in [-0.05, 0) is 25.0 Å². The minimum Gasteiger partial charge on any atom is -0.481 e. The van der Waals surface area contributed by atoms with Crippen molar-refractivity contribution in [3.05, 3.63) is 24.3 Å². The van der Waals surface area contributed by atoms with Crippen LogP contribution < -0.4 is 10.2 Å². The van der Waals surface area contributed by atoms with Crippen molar-refractivity contribution in [2.24, 2.45) is 5.92 Å². The van der Waals surface area contributed by atoms with Gasteiger partial charge in [0.1, 0.15) is 6.54 Å². The molecule has 2 atom stereocenters. The van der Waals surface area contributed by atoms with Gasteiger partial charge in [-0.3, -0.25) is 14.4 Å². The predicted molar refractivity (Wildman–Crippen MR) is 86.4 cm³/mol. The van der Waals surface area contributed by atoms with Gasteiger partial charge in [0.25, 0.3) is 0 Å². The Morgan fingerprint density at radius 2 is 2.09 bits per heavy atom. The van der Waals surface area contributed by atoms with Crippen LogP contribution in [0.1, 0.15) is 19.3 Å². The number of amides is 2. The van der Waals surface area contributed by atoms with Crippen LogP contribution in [0.5, 0.6) is 0 Å². The molecule has 1 aromatic carbocycles. The van der Waals surface area contributed by atoms with E-state index in [0.717, 1.165) is 17.0 Å². The van der Waals surface area contributed by atoms with E-state index in [1.54, 1.807) is 0 Å². The summed E-state index contributed by atoms with van der Waals surface area (Å²) in [7, 11) is 0. The molecule has 0 saturated heterocycles. The molecule has 1 saturated carbocycles. The van der Waals surface area contributed by atoms with Crippen molar-refractivity contribution in [2.45, 2.75) is 30.2 Å². The first-order valence-electron chi connectivity index (χ1n) is 7.60. The molecule has 3 rings (SSSR count). The summed E-state index contributed by atoms with van der Waals surface area (Å²) < 4.78 is 0. The number of carbonyl (C=O) groups is 3. The molecule has 6 nitrogen and oxygen atoms in total. The van der Waals surface area contributed by atoms with Crippen molar-refractivity contribution in [1.29, 1.82) is 0 Å². The SMILES string of the molecule is O=C(CN1C(=O)CSc2ccccc21)N[C@H]1CCC[C@H]1C(=O)O. The Kier molecular flexibility index (Phi) is 4.56. The van der Waals surface area contributed by atoms with E-state index in [2.05, 4.69) is 5.32 Å². The number of nitrogens with zero attached hydrogens (tertiary/aromatic N) is 1. The quantitative estimate of drug-likeness (QED) is 0.871. The second-order valence-corrected chi connectivity index (χ2v) is 6.80. The number of benzene rings is 1. The lowest BCUT2D eigenvalue weighted by Crippen LogP contribution is -2.47. The predicted octanol–water partition coefficient (Wildman–Crippen LogP) is 1.49. The average molecular weight is 334 g/mol. The number of anilines is 1. The second kappa shape index (κ2) is 6.62. The molecule has 0 radical (unpaired) electrons. The van der Waals surface area contributed by atoms with E-state index in [-0.39, 0.29) is 24.4 Å². The van der Waals surface area contributed by atoms with Gasteiger partial charge in [-0.2, -0.15) is 0 Å². The summed E-state index contributed by atoms with van der Waals surface area (Å²) in [6.07, 6.45) is 2.05. The van der Waals surface area contributed by atoms with E-state index in [0.29, 0.717) is 18.6 Å². The van der Waals surface area contributed by atoms with Gasteiger partial charge >= 0.3 is 5.97 Å². The number of hydrogen-bond donors (Lipinski definition) is 2. The van der Waals surface area contributed by atoms with Crippen LogP contribution in [0, 0.1) is 5.92 Å². The molecule has 2 N–H and O–H groups in total. The minimum absolute atomic E-state index is 0.0702. The minimum atomic E-state index is -0.872. The summed E-state index contributed by atoms with van der Waals surface area (Å²) in [6, 6.07) is 7.14. The highest BCUT2D eigenvalue weighted by Crippen LogP contribution is 2.34. The van der Waals surface area contributed by atoms with E-state index < -0.39 is 11.9 Å². The van der Waals surface area contributed by atoms with Crippen molar-refractivity contribution < 1.29 is 19.5 Å². The lowest BCUT2D eigenvalue weighted by atomic mass is 10.0. The van der Waals surface area contributed by atoms with E-state index in [1.807, 2.05) is 24.3 Å². The molecule has 23 heavy (non-hydrogen) atoms. The molecule has 0 spiro atoms. The zero-order chi connectivity index (χ0) is 16.4. The molecule has 2 amide bonds. The average Bonchev–Trinajstić information content (AvgIpc) is 2.98. The Balaban J connectivity index is 1.68. The molecular formula is C16H18N2O4S. The van der Waals surface area contributed by atoms with Crippen LogP contribution in [0.2, 0.25) is 0 Å². The van der Waals surface area contributed by atoms with Crippen molar-refractivity contribution in [2.75, 3.05) is 17.2 Å². The van der Waals surface area contributed by atoms with Gasteiger partial charge in [0.05, 0.1) is 17.4 Å². The fraction of sp³-hybridized carbons (Fsp3) is 0.438. The highest BCUT2D eigenvalue weighted by atomic mass is 32.2. The van der Waals surface area contributed by atoms with Crippen molar-refractivity contribution in [1.82, 2.24) is 5.32 Å². The molecule has 2 aliphatic rings. The molecule has 0 unspecified atom stereocenters. The third kappa shape index (κ3) is 3.34. The summed E-state index contributed by atoms with van der Waals surface area (Å²) in [5, 5.41) is 12.0. The molecular weight excluding hydrogens is 316 g/mol. The van der Waals surface area contributed by atoms with Gasteiger partial charge in [-0.25, -0.2) is 0 Å². The first-order chi connectivity index (χ1) is 11.1. The number of para-hydroxylation sites is 1. The van der Waals surface area contributed by atoms with Crippen molar-refractivity contribution in [3.8, 4) is 0 Å². The van der Waals surface area contributed by atoms with Crippen LogP contribution in [0.25, 0.3) is 0 Å². The topological polar surface area (TPSA) is 86.7 Å². The number of aliphatic carboxylic acids is 1. The zero-order valence-corrected chi connectivity index (χ0v) is 13.3. The largest absolute Gasteiger partial charge is 0.481 e. The standard InChI is InChI=1S/C16H18N2O4S/c19-14(17-11-5-3-4-10(11)16(21)22)8-18-12-6-1-2-7-13(12)23-9-15(18)20/h1-2,6-7,10-11H,3-5,8-9H2,(H,17,19)(H,21,22)/t10-,11+/m1/s1. The Hall–Kier alpha value is -2.02. The zero-order valence-electron chi connectivity index (χ0n) is 12.5. The Morgan fingerprint density at radius 3 is 2.87 bits per heavy atom. The molecule has 122 valence electrons. The number of hydrogen-bond acceptors (Lipinski definition) is 4. The lowest BCUT2D eigenvalue weighted by Gasteiger charge is -2.29. The molecule has 1 fully saturated rings. The van der Waals surface area contributed by atoms with E-state index in [4.69, 9.17) is 0 Å². The highest BCUT2D eigenvalue weighted by Gasteiger charge is 2.34. The third-order valence-electron chi connectivity index (χ3n) is 4.29. The van der Waals surface area contributed by atoms with Crippen LogP contribution in [-0.2, 0) is 14.4 Å². The van der Waals surface area contributed by atoms with Crippen LogP contribution in [0.4, 0.5) is 5.69 Å². The number of nitrogens with one attached hydrogen (secondary N) is 1. The number of rotatable bonds is 4. The first-order valence-corrected chi connectivity index (χ1v) is 8.59. The molecule has 1 aliphatic carbocycles. The normalized spacial score (nSPS) is 23.5. The Morgan fingerprint density at radius 1 is 1.30 bits per heavy atom. The van der Waals surface area contributed by atoms with Gasteiger partial charge < -0.3 is 15.3 Å². The van der Waals surface area contributed by atoms with Crippen LogP contribution >= 0.6 is 11.8 Å². The van der Waals surface area contributed by atoms with Gasteiger partial charge in [-0.15, -0.1) is 11.8 Å². The van der Waals surface area contributed by atoms with Gasteiger partial charge in [0.15, 0.2) is 0 Å². The summed E-state index contributed by atoms with van der Waals surface area (Å²) in [5.74, 6) is -1.50. The maximum absolute atomic E-state index is 12.3. The molecule has 0 aromatic heterocycles. The van der Waals surface area contributed by atoms with Crippen LogP contribution in [0.15, 0.2) is 29.2 Å². The van der Waals surface area contributed by atoms with Gasteiger partial charge in [-0.1, -0.05) is 18.6 Å². The Bertz CT molecular complexity index is 649. The maximum Gasteiger partial charge on any atom is 0.308 e. The maximum atomic E-state index is 12.3. The molecule has 1 heterocycles. The number of carboxylic acid groups (broad SMARTS) is 1. The number of carbonyl (C=O) groups excluding carboxylic acids is 2. The molecule has 7 heteroatoms. The molecule has 1 aliphatic heterocycles. The summed E-state index contributed by atoms with van der Waals surface area (Å²) in [6.45, 7) is -0.0702. The van der Waals surface area contributed by atoms with Gasteiger partial charge in [0.2, 0.25) is 11.8 Å². The first kappa shape index (κ1) is 15.9. The fourth-order valence-corrected chi connectivity index (χ4v) is 4.09. The smallest absolute Gasteiger partial charge is 0.308 e. The summed E-state index contributed by atoms with van der Waals surface area (Å²) in [5.41, 5.74) is 0.741. The van der Waals surface area contributed by atoms with Crippen LogP contribution in [-0.4, -0.2) is 41.2 Å². The summed E-state index contributed by atoms with van der Waals surface area (Å²) in [4.78, 5) is 38.1. The molecule has 0 bridgehead atoms. The van der Waals surface area contributed by atoms with Gasteiger partial charge in [0, 0.05) is 10.9 Å². The van der Waals surface area contributed by atoms with E-state index >= 15 is 0 Å². The number of carboxylic acids is 1. The molecule has 1 aromatic rings. The number of fused-ring (bicyclic) bond motifs is 1. The Labute approximate surface area is 138 Å². The monoisotopic (exact) mass is 334 g/mol. The number of thioether (sulfide) groups is 1. The fourth-order valence-electron chi connectivity index (χ4n) is 3.15. The van der Waals surface area contributed by atoms with Crippen molar-refractivity contribution in [3.63, 3.8) is 0 Å². The lowest BCUT2D eigenvalue weighted by molar-refractivity contribution is -0.142.